The zero-order valence-corrected chi connectivity index (χ0v) is 11.8. The second kappa shape index (κ2) is 7.65. The van der Waals surface area contributed by atoms with Crippen molar-refractivity contribution in [2.75, 3.05) is 24.3 Å². The number of anilines is 1. The van der Waals surface area contributed by atoms with Gasteiger partial charge in [0.15, 0.2) is 0 Å². The molecule has 108 valence electrons. The Morgan fingerprint density at radius 3 is 2.63 bits per heavy atom. The van der Waals surface area contributed by atoms with Crippen molar-refractivity contribution >= 4 is 17.4 Å². The predicted octanol–water partition coefficient (Wildman–Crippen LogP) is 4.18. The molecule has 1 aromatic rings. The first-order chi connectivity index (χ1) is 8.92. The second-order valence-electron chi connectivity index (χ2n) is 4.10. The van der Waals surface area contributed by atoms with Crippen molar-refractivity contribution in [2.24, 2.45) is 0 Å². The molecule has 2 nitrogen and oxygen atoms in total. The topological polar surface area (TPSA) is 21.3 Å². The van der Waals surface area contributed by atoms with Crippen LogP contribution in [0.3, 0.4) is 0 Å². The molecule has 1 aromatic carbocycles. The lowest BCUT2D eigenvalue weighted by atomic mass is 10.3. The fourth-order valence-corrected chi connectivity index (χ4v) is 2.25. The Morgan fingerprint density at radius 1 is 1.32 bits per heavy atom. The summed E-state index contributed by atoms with van der Waals surface area (Å²) in [6, 6.07) is 7.05. The smallest absolute Gasteiger partial charge is 0.380 e. The van der Waals surface area contributed by atoms with Crippen LogP contribution in [0.1, 0.15) is 13.8 Å². The molecule has 0 heterocycles. The van der Waals surface area contributed by atoms with Gasteiger partial charge in [0.1, 0.15) is 0 Å². The van der Waals surface area contributed by atoms with Gasteiger partial charge in [-0.2, -0.15) is 13.2 Å². The van der Waals surface area contributed by atoms with Crippen LogP contribution in [0, 0.1) is 0 Å². The average Bonchev–Trinajstić information content (AvgIpc) is 2.34. The number of alkyl halides is 3. The van der Waals surface area contributed by atoms with Crippen LogP contribution in [0.2, 0.25) is 0 Å². The minimum atomic E-state index is -4.16. The number of rotatable bonds is 7. The highest BCUT2D eigenvalue weighted by Crippen LogP contribution is 2.32. The number of halogens is 3. The van der Waals surface area contributed by atoms with Gasteiger partial charge >= 0.3 is 6.18 Å². The molecule has 0 fully saturated rings. The quantitative estimate of drug-likeness (QED) is 0.762. The molecule has 0 radical (unpaired) electrons. The normalized spacial score (nSPS) is 13.3. The Bertz CT molecular complexity index is 384. The SMILES string of the molecule is CCOCC(C)Nc1ccccc1SCC(F)(F)F. The highest BCUT2D eigenvalue weighted by atomic mass is 32.2. The van der Waals surface area contributed by atoms with Gasteiger partial charge in [0.05, 0.1) is 12.4 Å². The molecule has 0 saturated heterocycles. The average molecular weight is 293 g/mol. The molecular formula is C13H18F3NOS. The van der Waals surface area contributed by atoms with Crippen LogP contribution >= 0.6 is 11.8 Å². The number of ether oxygens (including phenoxy) is 1. The lowest BCUT2D eigenvalue weighted by molar-refractivity contribution is -0.105. The summed E-state index contributed by atoms with van der Waals surface area (Å²) in [5.41, 5.74) is 0.712. The van der Waals surface area contributed by atoms with Crippen LogP contribution < -0.4 is 5.32 Å². The van der Waals surface area contributed by atoms with Gasteiger partial charge < -0.3 is 10.1 Å². The summed E-state index contributed by atoms with van der Waals surface area (Å²) in [5.74, 6) is -0.883. The van der Waals surface area contributed by atoms with E-state index >= 15 is 0 Å². The molecule has 1 unspecified atom stereocenters. The van der Waals surface area contributed by atoms with Gasteiger partial charge in [0.2, 0.25) is 0 Å². The molecule has 0 aromatic heterocycles. The molecule has 6 heteroatoms. The van der Waals surface area contributed by atoms with Crippen molar-refractivity contribution in [2.45, 2.75) is 31.0 Å². The number of para-hydroxylation sites is 1. The standard InChI is InChI=1S/C13H18F3NOS/c1-3-18-8-10(2)17-11-6-4-5-7-12(11)19-9-13(14,15)16/h4-7,10,17H,3,8-9H2,1-2H3. The molecule has 0 saturated carbocycles. The van der Waals surface area contributed by atoms with Gasteiger partial charge in [-0.05, 0) is 26.0 Å². The van der Waals surface area contributed by atoms with Gasteiger partial charge in [-0.1, -0.05) is 12.1 Å². The summed E-state index contributed by atoms with van der Waals surface area (Å²) < 4.78 is 42.0. The summed E-state index contributed by atoms with van der Waals surface area (Å²) in [5, 5.41) is 3.17. The van der Waals surface area contributed by atoms with Crippen LogP contribution in [0.25, 0.3) is 0 Å². The van der Waals surface area contributed by atoms with E-state index in [9.17, 15) is 13.2 Å². The van der Waals surface area contributed by atoms with Crippen LogP contribution in [-0.4, -0.2) is 31.2 Å². The lowest BCUT2D eigenvalue weighted by Gasteiger charge is -2.18. The van der Waals surface area contributed by atoms with Gasteiger partial charge in [-0.15, -0.1) is 11.8 Å². The van der Waals surface area contributed by atoms with Crippen LogP contribution in [-0.2, 0) is 4.74 Å². The Labute approximate surface area is 115 Å². The third-order valence-electron chi connectivity index (χ3n) is 2.25. The molecule has 0 bridgehead atoms. The van der Waals surface area contributed by atoms with Crippen molar-refractivity contribution in [1.82, 2.24) is 0 Å². The van der Waals surface area contributed by atoms with E-state index < -0.39 is 11.9 Å². The monoisotopic (exact) mass is 293 g/mol. The first kappa shape index (κ1) is 16.2. The van der Waals surface area contributed by atoms with Crippen molar-refractivity contribution < 1.29 is 17.9 Å². The summed E-state index contributed by atoms with van der Waals surface area (Å²) >= 11 is 0.791. The molecule has 1 N–H and O–H groups in total. The third kappa shape index (κ3) is 6.73. The first-order valence-corrected chi connectivity index (χ1v) is 7.03. The molecule has 0 aliphatic rings. The zero-order valence-electron chi connectivity index (χ0n) is 11.0. The Balaban J connectivity index is 2.62. The number of hydrogen-bond donors (Lipinski definition) is 1. The number of benzene rings is 1. The number of hydrogen-bond acceptors (Lipinski definition) is 3. The fourth-order valence-electron chi connectivity index (χ4n) is 1.47. The maximum absolute atomic E-state index is 12.2. The van der Waals surface area contributed by atoms with Gasteiger partial charge in [0, 0.05) is 23.2 Å². The first-order valence-electron chi connectivity index (χ1n) is 6.05. The molecule has 0 aliphatic heterocycles. The Hall–Kier alpha value is -0.880. The minimum absolute atomic E-state index is 0.0487. The summed E-state index contributed by atoms with van der Waals surface area (Å²) in [6.07, 6.45) is -4.16. The second-order valence-corrected chi connectivity index (χ2v) is 5.12. The maximum atomic E-state index is 12.2. The van der Waals surface area contributed by atoms with Crippen LogP contribution in [0.15, 0.2) is 29.2 Å². The van der Waals surface area contributed by atoms with Crippen molar-refractivity contribution in [3.63, 3.8) is 0 Å². The van der Waals surface area contributed by atoms with Gasteiger partial charge in [-0.3, -0.25) is 0 Å². The van der Waals surface area contributed by atoms with Crippen LogP contribution in [0.4, 0.5) is 18.9 Å². The van der Waals surface area contributed by atoms with E-state index in [1.165, 1.54) is 0 Å². The van der Waals surface area contributed by atoms with E-state index in [0.717, 1.165) is 11.8 Å². The number of nitrogens with one attached hydrogen (secondary N) is 1. The Morgan fingerprint density at radius 2 is 2.00 bits per heavy atom. The summed E-state index contributed by atoms with van der Waals surface area (Å²) in [4.78, 5) is 0.600. The van der Waals surface area contributed by atoms with Crippen molar-refractivity contribution in [3.05, 3.63) is 24.3 Å². The molecule has 19 heavy (non-hydrogen) atoms. The minimum Gasteiger partial charge on any atom is -0.380 e. The molecule has 1 rings (SSSR count). The lowest BCUT2D eigenvalue weighted by Crippen LogP contribution is -2.22. The van der Waals surface area contributed by atoms with E-state index in [0.29, 0.717) is 23.8 Å². The van der Waals surface area contributed by atoms with E-state index in [-0.39, 0.29) is 6.04 Å². The van der Waals surface area contributed by atoms with Gasteiger partial charge in [0.25, 0.3) is 0 Å². The third-order valence-corrected chi connectivity index (χ3v) is 3.39. The van der Waals surface area contributed by atoms with Crippen LogP contribution in [0.5, 0.6) is 0 Å². The zero-order chi connectivity index (χ0) is 14.3. The van der Waals surface area contributed by atoms with E-state index in [2.05, 4.69) is 5.32 Å². The molecule has 0 aliphatic carbocycles. The maximum Gasteiger partial charge on any atom is 0.398 e. The molecule has 1 atom stereocenters. The van der Waals surface area contributed by atoms with Crippen molar-refractivity contribution in [1.29, 1.82) is 0 Å². The van der Waals surface area contributed by atoms with Gasteiger partial charge in [-0.25, -0.2) is 0 Å². The summed E-state index contributed by atoms with van der Waals surface area (Å²) in [6.45, 7) is 4.98. The molecule has 0 spiro atoms. The van der Waals surface area contributed by atoms with Crippen molar-refractivity contribution in [3.8, 4) is 0 Å². The summed E-state index contributed by atoms with van der Waals surface area (Å²) in [7, 11) is 0. The molecule has 0 amide bonds. The Kier molecular flexibility index (Phi) is 6.51. The highest BCUT2D eigenvalue weighted by Gasteiger charge is 2.27. The largest absolute Gasteiger partial charge is 0.398 e. The van der Waals surface area contributed by atoms with E-state index in [4.69, 9.17) is 4.74 Å². The van der Waals surface area contributed by atoms with E-state index in [1.54, 1.807) is 24.3 Å². The van der Waals surface area contributed by atoms with E-state index in [1.807, 2.05) is 13.8 Å². The predicted molar refractivity (Wildman–Crippen MR) is 72.8 cm³/mol. The highest BCUT2D eigenvalue weighted by molar-refractivity contribution is 7.99. The number of thioether (sulfide) groups is 1. The molecular weight excluding hydrogens is 275 g/mol. The fraction of sp³-hybridized carbons (Fsp3) is 0.538.